The van der Waals surface area contributed by atoms with Crippen LogP contribution in [-0.2, 0) is 12.8 Å². The summed E-state index contributed by atoms with van der Waals surface area (Å²) in [6.45, 7) is 3.80. The van der Waals surface area contributed by atoms with E-state index in [9.17, 15) is 4.79 Å². The summed E-state index contributed by atoms with van der Waals surface area (Å²) in [5.41, 5.74) is 11.1. The number of nitrogen functional groups attached to an aromatic ring is 1. The van der Waals surface area contributed by atoms with E-state index in [1.807, 2.05) is 17.0 Å². The number of nitrogens with zero attached hydrogens (tertiary/aromatic N) is 2. The van der Waals surface area contributed by atoms with Gasteiger partial charge >= 0.3 is 0 Å². The van der Waals surface area contributed by atoms with E-state index in [1.165, 1.54) is 16.7 Å². The zero-order valence-electron chi connectivity index (χ0n) is 18.5. The van der Waals surface area contributed by atoms with E-state index < -0.39 is 0 Å². The highest BCUT2D eigenvalue weighted by Gasteiger charge is 2.32. The topological polar surface area (TPSA) is 59.2 Å². The van der Waals surface area contributed by atoms with Gasteiger partial charge in [-0.3, -0.25) is 9.78 Å². The monoisotopic (exact) mass is 447 g/mol. The number of anilines is 1. The van der Waals surface area contributed by atoms with Gasteiger partial charge in [-0.05, 0) is 85.4 Å². The van der Waals surface area contributed by atoms with E-state index in [1.54, 1.807) is 24.5 Å². The summed E-state index contributed by atoms with van der Waals surface area (Å²) in [6.07, 6.45) is 7.42. The SMILES string of the molecule is Cc1ccccc1C[C@H](CCc1ccc(N)c(Cl)c1)C1CCN(C(=O)c2ccncc2)C1. The number of halogens is 1. The third kappa shape index (κ3) is 5.31. The molecule has 0 radical (unpaired) electrons. The lowest BCUT2D eigenvalue weighted by Gasteiger charge is -2.25. The van der Waals surface area contributed by atoms with Gasteiger partial charge in [-0.1, -0.05) is 41.9 Å². The second kappa shape index (κ2) is 10.2. The van der Waals surface area contributed by atoms with Crippen molar-refractivity contribution in [1.29, 1.82) is 0 Å². The molecule has 2 heterocycles. The Morgan fingerprint density at radius 1 is 1.19 bits per heavy atom. The van der Waals surface area contributed by atoms with Crippen molar-refractivity contribution in [2.24, 2.45) is 11.8 Å². The molecule has 1 saturated heterocycles. The highest BCUT2D eigenvalue weighted by atomic mass is 35.5. The van der Waals surface area contributed by atoms with Crippen LogP contribution in [-0.4, -0.2) is 28.9 Å². The van der Waals surface area contributed by atoms with Crippen LogP contribution in [0.2, 0.25) is 5.02 Å². The van der Waals surface area contributed by atoms with Crippen LogP contribution < -0.4 is 5.73 Å². The number of pyridine rings is 1. The molecule has 4 nitrogen and oxygen atoms in total. The summed E-state index contributed by atoms with van der Waals surface area (Å²) >= 11 is 6.25. The lowest BCUT2D eigenvalue weighted by Crippen LogP contribution is -2.30. The van der Waals surface area contributed by atoms with Gasteiger partial charge < -0.3 is 10.6 Å². The summed E-state index contributed by atoms with van der Waals surface area (Å²) in [6, 6.07) is 18.2. The van der Waals surface area contributed by atoms with Crippen LogP contribution in [0.3, 0.4) is 0 Å². The van der Waals surface area contributed by atoms with Gasteiger partial charge in [0.15, 0.2) is 0 Å². The van der Waals surface area contributed by atoms with Crippen molar-refractivity contribution >= 4 is 23.2 Å². The van der Waals surface area contributed by atoms with Crippen LogP contribution in [0.25, 0.3) is 0 Å². The fourth-order valence-corrected chi connectivity index (χ4v) is 4.94. The maximum atomic E-state index is 12.9. The van der Waals surface area contributed by atoms with Gasteiger partial charge in [0.25, 0.3) is 5.91 Å². The fraction of sp³-hybridized carbons (Fsp3) is 0.333. The Morgan fingerprint density at radius 2 is 1.97 bits per heavy atom. The molecule has 1 aliphatic rings. The zero-order valence-corrected chi connectivity index (χ0v) is 19.3. The number of benzene rings is 2. The van der Waals surface area contributed by atoms with Crippen LogP contribution in [0.1, 0.15) is 39.9 Å². The summed E-state index contributed by atoms with van der Waals surface area (Å²) in [4.78, 5) is 19.0. The van der Waals surface area contributed by atoms with E-state index in [0.29, 0.717) is 28.1 Å². The number of hydrogen-bond donors (Lipinski definition) is 1. The third-order valence-electron chi connectivity index (χ3n) is 6.72. The number of aromatic nitrogens is 1. The highest BCUT2D eigenvalue weighted by Crippen LogP contribution is 2.32. The molecule has 32 heavy (non-hydrogen) atoms. The van der Waals surface area contributed by atoms with E-state index >= 15 is 0 Å². The largest absolute Gasteiger partial charge is 0.398 e. The minimum atomic E-state index is 0.106. The predicted molar refractivity (Wildman–Crippen MR) is 131 cm³/mol. The smallest absolute Gasteiger partial charge is 0.253 e. The zero-order chi connectivity index (χ0) is 22.5. The Hall–Kier alpha value is -2.85. The van der Waals surface area contributed by atoms with E-state index in [2.05, 4.69) is 42.2 Å². The van der Waals surface area contributed by atoms with E-state index in [0.717, 1.165) is 38.8 Å². The van der Waals surface area contributed by atoms with Crippen LogP contribution in [0.4, 0.5) is 5.69 Å². The van der Waals surface area contributed by atoms with E-state index in [-0.39, 0.29) is 5.91 Å². The van der Waals surface area contributed by atoms with Gasteiger partial charge in [0, 0.05) is 31.0 Å². The molecule has 1 aromatic heterocycles. The van der Waals surface area contributed by atoms with Gasteiger partial charge in [0.1, 0.15) is 0 Å². The number of carbonyl (C=O) groups is 1. The van der Waals surface area contributed by atoms with Crippen molar-refractivity contribution < 1.29 is 4.79 Å². The van der Waals surface area contributed by atoms with Crippen molar-refractivity contribution in [3.8, 4) is 0 Å². The number of likely N-dealkylation sites (tertiary alicyclic amines) is 1. The Balaban J connectivity index is 1.49. The summed E-state index contributed by atoms with van der Waals surface area (Å²) in [5.74, 6) is 1.07. The van der Waals surface area contributed by atoms with Crippen LogP contribution in [0.5, 0.6) is 0 Å². The summed E-state index contributed by atoms with van der Waals surface area (Å²) < 4.78 is 0. The van der Waals surface area contributed by atoms with Gasteiger partial charge in [0.05, 0.1) is 10.7 Å². The molecule has 3 aromatic rings. The first-order valence-electron chi connectivity index (χ1n) is 11.3. The molecule has 166 valence electrons. The molecular weight excluding hydrogens is 418 g/mol. The normalized spacial score (nSPS) is 16.8. The molecule has 0 bridgehead atoms. The number of rotatable bonds is 7. The minimum Gasteiger partial charge on any atom is -0.398 e. The molecule has 1 unspecified atom stereocenters. The third-order valence-corrected chi connectivity index (χ3v) is 7.05. The number of aryl methyl sites for hydroxylation is 2. The van der Waals surface area contributed by atoms with Crippen molar-refractivity contribution in [3.05, 3.63) is 94.3 Å². The minimum absolute atomic E-state index is 0.106. The summed E-state index contributed by atoms with van der Waals surface area (Å²) in [5, 5.41) is 0.618. The molecule has 5 heteroatoms. The lowest BCUT2D eigenvalue weighted by molar-refractivity contribution is 0.0781. The number of amides is 1. The Kier molecular flexibility index (Phi) is 7.11. The fourth-order valence-electron chi connectivity index (χ4n) is 4.74. The maximum Gasteiger partial charge on any atom is 0.253 e. The van der Waals surface area contributed by atoms with Crippen molar-refractivity contribution in [3.63, 3.8) is 0 Å². The standard InChI is InChI=1S/C27H30ClN3O/c1-19-4-2-3-5-22(19)17-23(8-6-20-7-9-26(29)25(28)16-20)24-12-15-31(18-24)27(32)21-10-13-30-14-11-21/h2-5,7,9-11,13-14,16,23-24H,6,8,12,15,17-18,29H2,1H3/t23-,24?/m0/s1. The molecule has 4 rings (SSSR count). The Morgan fingerprint density at radius 3 is 2.72 bits per heavy atom. The van der Waals surface area contributed by atoms with Crippen molar-refractivity contribution in [2.45, 2.75) is 32.6 Å². The first-order chi connectivity index (χ1) is 15.5. The van der Waals surface area contributed by atoms with Crippen LogP contribution >= 0.6 is 11.6 Å². The molecule has 2 aromatic carbocycles. The lowest BCUT2D eigenvalue weighted by atomic mass is 9.81. The predicted octanol–water partition coefficient (Wildman–Crippen LogP) is 5.58. The van der Waals surface area contributed by atoms with Crippen molar-refractivity contribution in [1.82, 2.24) is 9.88 Å². The molecule has 2 N–H and O–H groups in total. The molecule has 1 fully saturated rings. The highest BCUT2D eigenvalue weighted by molar-refractivity contribution is 6.33. The number of carbonyl (C=O) groups excluding carboxylic acids is 1. The molecule has 0 spiro atoms. The number of nitrogens with two attached hydrogens (primary N) is 1. The molecular formula is C27H30ClN3O. The van der Waals surface area contributed by atoms with Gasteiger partial charge in [-0.2, -0.15) is 0 Å². The first kappa shape index (κ1) is 22.3. The van der Waals surface area contributed by atoms with Crippen molar-refractivity contribution in [2.75, 3.05) is 18.8 Å². The van der Waals surface area contributed by atoms with Gasteiger partial charge in [-0.15, -0.1) is 0 Å². The van der Waals surface area contributed by atoms with Gasteiger partial charge in [-0.25, -0.2) is 0 Å². The van der Waals surface area contributed by atoms with Crippen LogP contribution in [0, 0.1) is 18.8 Å². The Labute approximate surface area is 195 Å². The average Bonchev–Trinajstić information content (AvgIpc) is 3.30. The van der Waals surface area contributed by atoms with Crippen LogP contribution in [0.15, 0.2) is 67.0 Å². The Bertz CT molecular complexity index is 1070. The number of hydrogen-bond acceptors (Lipinski definition) is 3. The molecule has 1 amide bonds. The first-order valence-corrected chi connectivity index (χ1v) is 11.7. The molecule has 0 saturated carbocycles. The van der Waals surface area contributed by atoms with E-state index in [4.69, 9.17) is 17.3 Å². The second-order valence-corrected chi connectivity index (χ2v) is 9.23. The second-order valence-electron chi connectivity index (χ2n) is 8.82. The summed E-state index contributed by atoms with van der Waals surface area (Å²) in [7, 11) is 0. The maximum absolute atomic E-state index is 12.9. The average molecular weight is 448 g/mol. The molecule has 1 aliphatic heterocycles. The quantitative estimate of drug-likeness (QED) is 0.481. The van der Waals surface area contributed by atoms with Gasteiger partial charge in [0.2, 0.25) is 0 Å². The molecule has 0 aliphatic carbocycles. The molecule has 2 atom stereocenters.